The zero-order valence-corrected chi connectivity index (χ0v) is 8.30. The van der Waals surface area contributed by atoms with Crippen molar-refractivity contribution in [2.75, 3.05) is 0 Å². The third-order valence-electron chi connectivity index (χ3n) is 1.59. The molecule has 0 aliphatic rings. The first-order valence-electron chi connectivity index (χ1n) is 3.63. The molecule has 1 rings (SSSR count). The summed E-state index contributed by atoms with van der Waals surface area (Å²) >= 11 is 3.43. The van der Waals surface area contributed by atoms with Gasteiger partial charge in [0.15, 0.2) is 0 Å². The molecule has 1 atom stereocenters. The van der Waals surface area contributed by atoms with Crippen LogP contribution >= 0.6 is 15.9 Å². The number of rotatable bonds is 2. The van der Waals surface area contributed by atoms with Gasteiger partial charge in [0.05, 0.1) is 6.20 Å². The van der Waals surface area contributed by atoms with E-state index in [9.17, 15) is 0 Å². The van der Waals surface area contributed by atoms with Crippen LogP contribution in [0.3, 0.4) is 0 Å². The molecule has 0 saturated heterocycles. The van der Waals surface area contributed by atoms with Crippen molar-refractivity contribution in [3.8, 4) is 0 Å². The van der Waals surface area contributed by atoms with Crippen LogP contribution in [0.4, 0.5) is 0 Å². The molecule has 2 N–H and O–H groups in total. The van der Waals surface area contributed by atoms with Crippen molar-refractivity contribution in [2.24, 2.45) is 5.73 Å². The summed E-state index contributed by atoms with van der Waals surface area (Å²) in [5.41, 5.74) is 6.76. The van der Waals surface area contributed by atoms with E-state index in [2.05, 4.69) is 21.0 Å². The van der Waals surface area contributed by atoms with Crippen molar-refractivity contribution in [2.45, 2.75) is 26.4 Å². The maximum Gasteiger partial charge on any atom is 0.108 e. The summed E-state index contributed by atoms with van der Waals surface area (Å²) in [7, 11) is 0. The summed E-state index contributed by atoms with van der Waals surface area (Å²) in [6.45, 7) is 4.86. The molecule has 0 aliphatic heterocycles. The number of nitrogens with zero attached hydrogens (tertiary/aromatic N) is 2. The van der Waals surface area contributed by atoms with Crippen molar-refractivity contribution in [3.63, 3.8) is 0 Å². The lowest BCUT2D eigenvalue weighted by Crippen LogP contribution is -2.05. The van der Waals surface area contributed by atoms with E-state index in [1.54, 1.807) is 6.20 Å². The quantitative estimate of drug-likeness (QED) is 0.820. The van der Waals surface area contributed by atoms with Gasteiger partial charge in [-0.1, -0.05) is 0 Å². The molecule has 0 bridgehead atoms. The highest BCUT2D eigenvalue weighted by atomic mass is 79.9. The predicted molar refractivity (Wildman–Crippen MR) is 48.2 cm³/mol. The molecule has 0 aromatic carbocycles. The van der Waals surface area contributed by atoms with Crippen molar-refractivity contribution < 1.29 is 0 Å². The van der Waals surface area contributed by atoms with Gasteiger partial charge in [-0.2, -0.15) is 5.10 Å². The van der Waals surface area contributed by atoms with Crippen LogP contribution in [0.1, 0.15) is 25.5 Å². The van der Waals surface area contributed by atoms with E-state index in [1.807, 2.05) is 18.5 Å². The number of aryl methyl sites for hydroxylation is 1. The monoisotopic (exact) mass is 217 g/mol. The predicted octanol–water partition coefficient (Wildman–Crippen LogP) is 1.69. The van der Waals surface area contributed by atoms with Crippen molar-refractivity contribution >= 4 is 15.9 Å². The Bertz CT molecular complexity index is 242. The fourth-order valence-corrected chi connectivity index (χ4v) is 1.72. The fourth-order valence-electron chi connectivity index (χ4n) is 0.911. The lowest BCUT2D eigenvalue weighted by atomic mass is 10.2. The highest BCUT2D eigenvalue weighted by molar-refractivity contribution is 9.10. The number of hydrogen-bond acceptors (Lipinski definition) is 2. The van der Waals surface area contributed by atoms with Gasteiger partial charge in [-0.25, -0.2) is 0 Å². The average molecular weight is 218 g/mol. The number of aromatic nitrogens is 2. The Morgan fingerprint density at radius 1 is 1.82 bits per heavy atom. The first-order valence-corrected chi connectivity index (χ1v) is 4.43. The van der Waals surface area contributed by atoms with Gasteiger partial charge in [0.1, 0.15) is 4.60 Å². The Morgan fingerprint density at radius 2 is 2.45 bits per heavy atom. The van der Waals surface area contributed by atoms with Gasteiger partial charge in [0.25, 0.3) is 0 Å². The van der Waals surface area contributed by atoms with Crippen LogP contribution in [0.25, 0.3) is 0 Å². The molecular formula is C7H12BrN3. The fraction of sp³-hybridized carbons (Fsp3) is 0.571. The Kier molecular flexibility index (Phi) is 2.67. The largest absolute Gasteiger partial charge is 0.324 e. The molecule has 1 aromatic heterocycles. The smallest absolute Gasteiger partial charge is 0.108 e. The minimum absolute atomic E-state index is 0.0460. The number of nitrogens with two attached hydrogens (primary N) is 1. The van der Waals surface area contributed by atoms with Crippen LogP contribution in [-0.4, -0.2) is 9.78 Å². The molecular weight excluding hydrogens is 206 g/mol. The van der Waals surface area contributed by atoms with E-state index in [-0.39, 0.29) is 6.04 Å². The van der Waals surface area contributed by atoms with E-state index in [1.165, 1.54) is 0 Å². The van der Waals surface area contributed by atoms with Gasteiger partial charge in [0.2, 0.25) is 0 Å². The van der Waals surface area contributed by atoms with E-state index >= 15 is 0 Å². The molecule has 0 amide bonds. The summed E-state index contributed by atoms with van der Waals surface area (Å²) in [5.74, 6) is 0. The van der Waals surface area contributed by atoms with Crippen LogP contribution in [0, 0.1) is 0 Å². The van der Waals surface area contributed by atoms with Gasteiger partial charge in [-0.15, -0.1) is 0 Å². The third-order valence-corrected chi connectivity index (χ3v) is 2.46. The van der Waals surface area contributed by atoms with Crippen LogP contribution in [0.15, 0.2) is 10.8 Å². The van der Waals surface area contributed by atoms with Gasteiger partial charge in [-0.05, 0) is 29.8 Å². The van der Waals surface area contributed by atoms with Crippen LogP contribution in [-0.2, 0) is 6.54 Å². The Morgan fingerprint density at radius 3 is 2.73 bits per heavy atom. The van der Waals surface area contributed by atoms with Gasteiger partial charge >= 0.3 is 0 Å². The van der Waals surface area contributed by atoms with Gasteiger partial charge in [0, 0.05) is 18.2 Å². The molecule has 0 fully saturated rings. The summed E-state index contributed by atoms with van der Waals surface area (Å²) in [5, 5.41) is 4.15. The Balaban J connectivity index is 3.00. The van der Waals surface area contributed by atoms with Crippen molar-refractivity contribution in [1.29, 1.82) is 0 Å². The molecule has 0 aliphatic carbocycles. The maximum atomic E-state index is 5.70. The molecule has 4 heteroatoms. The molecule has 1 heterocycles. The zero-order chi connectivity index (χ0) is 8.43. The highest BCUT2D eigenvalue weighted by Gasteiger charge is 2.09. The minimum atomic E-state index is 0.0460. The molecule has 1 aromatic rings. The number of halogens is 1. The molecule has 3 nitrogen and oxygen atoms in total. The Hall–Kier alpha value is -0.350. The highest BCUT2D eigenvalue weighted by Crippen LogP contribution is 2.20. The minimum Gasteiger partial charge on any atom is -0.324 e. The summed E-state index contributed by atoms with van der Waals surface area (Å²) < 4.78 is 2.87. The topological polar surface area (TPSA) is 43.8 Å². The molecule has 1 unspecified atom stereocenters. The van der Waals surface area contributed by atoms with Gasteiger partial charge < -0.3 is 5.73 Å². The summed E-state index contributed by atoms with van der Waals surface area (Å²) in [6, 6.07) is 0.0460. The van der Waals surface area contributed by atoms with Crippen molar-refractivity contribution in [3.05, 3.63) is 16.4 Å². The van der Waals surface area contributed by atoms with Crippen LogP contribution in [0.5, 0.6) is 0 Å². The summed E-state index contributed by atoms with van der Waals surface area (Å²) in [4.78, 5) is 0. The lowest BCUT2D eigenvalue weighted by molar-refractivity contribution is 0.642. The molecule has 11 heavy (non-hydrogen) atoms. The molecule has 0 radical (unpaired) electrons. The van der Waals surface area contributed by atoms with Crippen molar-refractivity contribution in [1.82, 2.24) is 9.78 Å². The molecule has 0 spiro atoms. The number of hydrogen-bond donors (Lipinski definition) is 1. The van der Waals surface area contributed by atoms with E-state index in [4.69, 9.17) is 5.73 Å². The Labute approximate surface area is 74.7 Å². The molecule has 0 saturated carbocycles. The van der Waals surface area contributed by atoms with E-state index < -0.39 is 0 Å². The summed E-state index contributed by atoms with van der Waals surface area (Å²) in [6.07, 6.45) is 1.80. The standard InChI is InChI=1S/C7H12BrN3/c1-3-11-7(8)6(4-10-11)5(2)9/h4-5H,3,9H2,1-2H3. The van der Waals surface area contributed by atoms with Gasteiger partial charge in [-0.3, -0.25) is 4.68 Å². The van der Waals surface area contributed by atoms with Crippen LogP contribution in [0.2, 0.25) is 0 Å². The second kappa shape index (κ2) is 3.36. The van der Waals surface area contributed by atoms with E-state index in [0.717, 1.165) is 16.7 Å². The second-order valence-electron chi connectivity index (χ2n) is 2.50. The maximum absolute atomic E-state index is 5.70. The SMILES string of the molecule is CCn1ncc(C(C)N)c1Br. The average Bonchev–Trinajstić information content (AvgIpc) is 2.30. The first kappa shape index (κ1) is 8.74. The second-order valence-corrected chi connectivity index (χ2v) is 3.25. The third kappa shape index (κ3) is 1.62. The molecule has 62 valence electrons. The zero-order valence-electron chi connectivity index (χ0n) is 6.71. The lowest BCUT2D eigenvalue weighted by Gasteiger charge is -2.02. The normalized spacial score (nSPS) is 13.5. The van der Waals surface area contributed by atoms with Crippen LogP contribution < -0.4 is 5.73 Å². The van der Waals surface area contributed by atoms with E-state index in [0.29, 0.717) is 0 Å². The first-order chi connectivity index (χ1) is 5.16.